The standard InChI is InChI=1S/C15H11N3O6S/c1-18-11-6-8(2-5-12(11)24-15(18)20)17-25(21,22)9-3-4-10-13(7-9)23-14(19)16-10/h2-7,17H,1H3,(H,16,19). The number of nitrogens with one attached hydrogen (secondary N) is 2. The van der Waals surface area contributed by atoms with Crippen LogP contribution >= 0.6 is 0 Å². The number of hydrogen-bond donors (Lipinski definition) is 2. The highest BCUT2D eigenvalue weighted by Crippen LogP contribution is 2.22. The second-order valence-electron chi connectivity index (χ2n) is 5.39. The van der Waals surface area contributed by atoms with Crippen molar-refractivity contribution in [2.75, 3.05) is 4.72 Å². The predicted octanol–water partition coefficient (Wildman–Crippen LogP) is 1.37. The van der Waals surface area contributed by atoms with Gasteiger partial charge in [-0.1, -0.05) is 0 Å². The second-order valence-corrected chi connectivity index (χ2v) is 7.07. The zero-order chi connectivity index (χ0) is 17.8. The summed E-state index contributed by atoms with van der Waals surface area (Å²) in [6.07, 6.45) is 0. The van der Waals surface area contributed by atoms with E-state index in [0.717, 1.165) is 0 Å². The largest absolute Gasteiger partial charge is 0.419 e. The summed E-state index contributed by atoms with van der Waals surface area (Å²) in [7, 11) is -2.39. The lowest BCUT2D eigenvalue weighted by atomic mass is 10.3. The Morgan fingerprint density at radius 2 is 1.84 bits per heavy atom. The molecule has 0 saturated heterocycles. The van der Waals surface area contributed by atoms with Crippen molar-refractivity contribution >= 4 is 37.9 Å². The van der Waals surface area contributed by atoms with Gasteiger partial charge in [0.2, 0.25) is 0 Å². The fourth-order valence-corrected chi connectivity index (χ4v) is 3.56. The van der Waals surface area contributed by atoms with Crippen molar-refractivity contribution < 1.29 is 17.3 Å². The number of aromatic amines is 1. The number of aromatic nitrogens is 2. The summed E-state index contributed by atoms with van der Waals surface area (Å²) in [5, 5.41) is 0. The van der Waals surface area contributed by atoms with Gasteiger partial charge >= 0.3 is 11.5 Å². The Kier molecular flexibility index (Phi) is 3.12. The van der Waals surface area contributed by atoms with Crippen molar-refractivity contribution in [3.8, 4) is 0 Å². The summed E-state index contributed by atoms with van der Waals surface area (Å²) >= 11 is 0. The third kappa shape index (κ3) is 2.52. The highest BCUT2D eigenvalue weighted by molar-refractivity contribution is 7.92. The van der Waals surface area contributed by atoms with Crippen molar-refractivity contribution in [3.05, 3.63) is 57.5 Å². The topological polar surface area (TPSA) is 127 Å². The first-order valence-corrected chi connectivity index (χ1v) is 8.57. The van der Waals surface area contributed by atoms with Gasteiger partial charge in [-0.15, -0.1) is 0 Å². The molecule has 0 unspecified atom stereocenters. The summed E-state index contributed by atoms with van der Waals surface area (Å²) in [6.45, 7) is 0. The van der Waals surface area contributed by atoms with E-state index in [1.54, 1.807) is 0 Å². The average Bonchev–Trinajstić information content (AvgIpc) is 3.06. The van der Waals surface area contributed by atoms with Gasteiger partial charge in [-0.2, -0.15) is 0 Å². The van der Waals surface area contributed by atoms with Crippen molar-refractivity contribution in [2.45, 2.75) is 4.90 Å². The van der Waals surface area contributed by atoms with E-state index in [4.69, 9.17) is 8.83 Å². The number of H-pyrrole nitrogens is 1. The van der Waals surface area contributed by atoms with Crippen molar-refractivity contribution in [1.29, 1.82) is 0 Å². The van der Waals surface area contributed by atoms with Gasteiger partial charge in [-0.25, -0.2) is 18.0 Å². The fraction of sp³-hybridized carbons (Fsp3) is 0.0667. The number of fused-ring (bicyclic) bond motifs is 2. The van der Waals surface area contributed by atoms with Gasteiger partial charge in [0.1, 0.15) is 0 Å². The Morgan fingerprint density at radius 1 is 1.04 bits per heavy atom. The molecule has 9 nitrogen and oxygen atoms in total. The molecule has 2 N–H and O–H groups in total. The molecule has 0 spiro atoms. The SMILES string of the molecule is Cn1c(=O)oc2ccc(NS(=O)(=O)c3ccc4[nH]c(=O)oc4c3)cc21. The quantitative estimate of drug-likeness (QED) is 0.567. The van der Waals surface area contributed by atoms with Crippen LogP contribution in [0, 0.1) is 0 Å². The first-order valence-electron chi connectivity index (χ1n) is 7.09. The number of nitrogens with zero attached hydrogens (tertiary/aromatic N) is 1. The highest BCUT2D eigenvalue weighted by atomic mass is 32.2. The van der Waals surface area contributed by atoms with Crippen LogP contribution < -0.4 is 16.2 Å². The maximum atomic E-state index is 12.5. The third-order valence-electron chi connectivity index (χ3n) is 3.75. The molecule has 0 amide bonds. The molecular formula is C15H11N3O6S. The summed E-state index contributed by atoms with van der Waals surface area (Å²) in [4.78, 5) is 25.0. The summed E-state index contributed by atoms with van der Waals surface area (Å²) < 4.78 is 38.7. The minimum absolute atomic E-state index is 0.0658. The summed E-state index contributed by atoms with van der Waals surface area (Å²) in [5.41, 5.74) is 1.61. The van der Waals surface area contributed by atoms with Crippen molar-refractivity contribution in [2.24, 2.45) is 7.05 Å². The van der Waals surface area contributed by atoms with Crippen LogP contribution in [0.25, 0.3) is 22.2 Å². The van der Waals surface area contributed by atoms with E-state index in [1.807, 2.05) is 0 Å². The molecule has 0 atom stereocenters. The van der Waals surface area contributed by atoms with E-state index in [2.05, 4.69) is 9.71 Å². The maximum absolute atomic E-state index is 12.5. The zero-order valence-electron chi connectivity index (χ0n) is 12.8. The van der Waals surface area contributed by atoms with Gasteiger partial charge in [0, 0.05) is 13.1 Å². The molecule has 0 saturated carbocycles. The van der Waals surface area contributed by atoms with Gasteiger partial charge in [0.25, 0.3) is 10.0 Å². The minimum atomic E-state index is -3.91. The molecule has 0 radical (unpaired) electrons. The molecule has 2 aromatic heterocycles. The molecule has 0 aliphatic carbocycles. The Hall–Kier alpha value is -3.27. The Bertz CT molecular complexity index is 1340. The second kappa shape index (κ2) is 5.11. The van der Waals surface area contributed by atoms with Gasteiger partial charge < -0.3 is 8.83 Å². The third-order valence-corrected chi connectivity index (χ3v) is 5.13. The van der Waals surface area contributed by atoms with Crippen LogP contribution in [-0.2, 0) is 17.1 Å². The van der Waals surface area contributed by atoms with Gasteiger partial charge in [0.15, 0.2) is 11.2 Å². The minimum Gasteiger partial charge on any atom is -0.408 e. The number of sulfonamides is 1. The Morgan fingerprint density at radius 3 is 2.64 bits per heavy atom. The lowest BCUT2D eigenvalue weighted by molar-refractivity contribution is 0.528. The molecule has 0 aliphatic heterocycles. The van der Waals surface area contributed by atoms with E-state index in [9.17, 15) is 18.0 Å². The molecule has 2 aromatic carbocycles. The number of oxazole rings is 2. The Balaban J connectivity index is 1.75. The highest BCUT2D eigenvalue weighted by Gasteiger charge is 2.17. The summed E-state index contributed by atoms with van der Waals surface area (Å²) in [6, 6.07) is 8.52. The fourth-order valence-electron chi connectivity index (χ4n) is 2.50. The van der Waals surface area contributed by atoms with Crippen molar-refractivity contribution in [1.82, 2.24) is 9.55 Å². The monoisotopic (exact) mass is 361 g/mol. The van der Waals surface area contributed by atoms with Crippen LogP contribution in [0.5, 0.6) is 0 Å². The van der Waals surface area contributed by atoms with Crippen LogP contribution in [-0.4, -0.2) is 18.0 Å². The molecule has 4 aromatic rings. The number of anilines is 1. The molecule has 128 valence electrons. The number of rotatable bonds is 3. The smallest absolute Gasteiger partial charge is 0.408 e. The molecule has 2 heterocycles. The Labute approximate surface area is 139 Å². The van der Waals surface area contributed by atoms with Gasteiger partial charge in [-0.3, -0.25) is 14.3 Å². The van der Waals surface area contributed by atoms with Crippen LogP contribution in [0.4, 0.5) is 5.69 Å². The summed E-state index contributed by atoms with van der Waals surface area (Å²) in [5.74, 6) is -1.20. The lowest BCUT2D eigenvalue weighted by Crippen LogP contribution is -2.13. The average molecular weight is 361 g/mol. The van der Waals surface area contributed by atoms with E-state index in [1.165, 1.54) is 48.0 Å². The van der Waals surface area contributed by atoms with E-state index in [-0.39, 0.29) is 16.2 Å². The van der Waals surface area contributed by atoms with Crippen LogP contribution in [0.3, 0.4) is 0 Å². The molecular weight excluding hydrogens is 350 g/mol. The van der Waals surface area contributed by atoms with E-state index >= 15 is 0 Å². The first kappa shape index (κ1) is 15.3. The molecule has 0 fully saturated rings. The normalized spacial score (nSPS) is 12.0. The predicted molar refractivity (Wildman–Crippen MR) is 89.1 cm³/mol. The maximum Gasteiger partial charge on any atom is 0.419 e. The van der Waals surface area contributed by atoms with E-state index in [0.29, 0.717) is 16.6 Å². The number of aryl methyl sites for hydroxylation is 1. The van der Waals surface area contributed by atoms with Gasteiger partial charge in [-0.05, 0) is 30.3 Å². The molecule has 10 heteroatoms. The molecule has 0 aliphatic rings. The van der Waals surface area contributed by atoms with Crippen LogP contribution in [0.2, 0.25) is 0 Å². The van der Waals surface area contributed by atoms with Crippen molar-refractivity contribution in [3.63, 3.8) is 0 Å². The number of benzene rings is 2. The molecule has 4 rings (SSSR count). The van der Waals surface area contributed by atoms with Crippen LogP contribution in [0.1, 0.15) is 0 Å². The first-order chi connectivity index (χ1) is 11.8. The number of hydrogen-bond acceptors (Lipinski definition) is 6. The van der Waals surface area contributed by atoms with Crippen LogP contribution in [0.15, 0.2) is 59.7 Å². The lowest BCUT2D eigenvalue weighted by Gasteiger charge is -2.08. The van der Waals surface area contributed by atoms with E-state index < -0.39 is 21.5 Å². The molecule has 25 heavy (non-hydrogen) atoms. The zero-order valence-corrected chi connectivity index (χ0v) is 13.6. The molecule has 0 bridgehead atoms. The van der Waals surface area contributed by atoms with Gasteiger partial charge in [0.05, 0.1) is 21.6 Å².